The van der Waals surface area contributed by atoms with Gasteiger partial charge in [0.1, 0.15) is 0 Å². The van der Waals surface area contributed by atoms with E-state index in [1.54, 1.807) is 18.3 Å². The number of aromatic nitrogens is 2. The van der Waals surface area contributed by atoms with Gasteiger partial charge in [0.15, 0.2) is 11.5 Å². The van der Waals surface area contributed by atoms with Gasteiger partial charge in [0, 0.05) is 30.5 Å². The highest BCUT2D eigenvalue weighted by molar-refractivity contribution is 5.98. The highest BCUT2D eigenvalue weighted by Gasteiger charge is 2.09. The first-order valence-electron chi connectivity index (χ1n) is 10.5. The number of fused-ring (bicyclic) bond motifs is 1. The summed E-state index contributed by atoms with van der Waals surface area (Å²) in [5.74, 6) is 1.11. The van der Waals surface area contributed by atoms with E-state index in [1.165, 1.54) is 0 Å². The minimum Gasteiger partial charge on any atom is -0.490 e. The largest absolute Gasteiger partial charge is 0.490 e. The zero-order chi connectivity index (χ0) is 22.1. The van der Waals surface area contributed by atoms with Crippen molar-refractivity contribution in [2.75, 3.05) is 26.3 Å². The number of H-pyrrole nitrogens is 1. The van der Waals surface area contributed by atoms with Crippen LogP contribution in [0.3, 0.4) is 0 Å². The maximum absolute atomic E-state index is 12.3. The Kier molecular flexibility index (Phi) is 7.86. The van der Waals surface area contributed by atoms with Gasteiger partial charge in [-0.3, -0.25) is 14.7 Å². The fraction of sp³-hybridized carbons (Fsp3) is 0.348. The van der Waals surface area contributed by atoms with Gasteiger partial charge in [-0.05, 0) is 56.2 Å². The fourth-order valence-corrected chi connectivity index (χ4v) is 3.16. The molecule has 3 N–H and O–H groups in total. The van der Waals surface area contributed by atoms with Gasteiger partial charge in [0.25, 0.3) is 5.91 Å². The van der Waals surface area contributed by atoms with Crippen molar-refractivity contribution in [3.05, 3.63) is 53.7 Å². The summed E-state index contributed by atoms with van der Waals surface area (Å²) in [6.45, 7) is 5.76. The minimum absolute atomic E-state index is 0.110. The van der Waals surface area contributed by atoms with Crippen LogP contribution in [0.1, 0.15) is 36.2 Å². The smallest absolute Gasteiger partial charge is 0.251 e. The summed E-state index contributed by atoms with van der Waals surface area (Å²) in [6, 6.07) is 11.1. The Morgan fingerprint density at radius 3 is 2.58 bits per heavy atom. The molecule has 31 heavy (non-hydrogen) atoms. The molecule has 0 aliphatic rings. The number of nitrogens with zero attached hydrogens (tertiary/aromatic N) is 1. The van der Waals surface area contributed by atoms with Gasteiger partial charge in [0.2, 0.25) is 5.91 Å². The van der Waals surface area contributed by atoms with Crippen LogP contribution in [0.4, 0.5) is 0 Å². The summed E-state index contributed by atoms with van der Waals surface area (Å²) in [7, 11) is 0. The van der Waals surface area contributed by atoms with Gasteiger partial charge in [-0.1, -0.05) is 6.07 Å². The number of aromatic amines is 1. The van der Waals surface area contributed by atoms with Crippen LogP contribution in [0.25, 0.3) is 10.9 Å². The second-order valence-corrected chi connectivity index (χ2v) is 6.92. The molecule has 2 amide bonds. The van der Waals surface area contributed by atoms with Crippen molar-refractivity contribution in [1.29, 1.82) is 0 Å². The number of hydrogen-bond donors (Lipinski definition) is 3. The maximum atomic E-state index is 12.3. The molecular formula is C23H28N4O4. The van der Waals surface area contributed by atoms with Crippen LogP contribution < -0.4 is 20.1 Å². The number of carbonyl (C=O) groups is 2. The third-order valence-corrected chi connectivity index (χ3v) is 4.68. The van der Waals surface area contributed by atoms with Crippen molar-refractivity contribution < 1.29 is 19.1 Å². The normalized spacial score (nSPS) is 10.6. The Balaban J connectivity index is 1.40. The second-order valence-electron chi connectivity index (χ2n) is 6.92. The molecule has 3 rings (SSSR count). The van der Waals surface area contributed by atoms with Crippen LogP contribution in [-0.4, -0.2) is 48.3 Å². The van der Waals surface area contributed by atoms with Crippen molar-refractivity contribution in [2.24, 2.45) is 0 Å². The van der Waals surface area contributed by atoms with Gasteiger partial charge >= 0.3 is 0 Å². The van der Waals surface area contributed by atoms with Crippen LogP contribution in [-0.2, 0) is 11.2 Å². The summed E-state index contributed by atoms with van der Waals surface area (Å²) in [4.78, 5) is 24.3. The summed E-state index contributed by atoms with van der Waals surface area (Å²) in [6.07, 6.45) is 2.56. The second kappa shape index (κ2) is 11.0. The number of carbonyl (C=O) groups excluding carboxylic acids is 2. The highest BCUT2D eigenvalue weighted by Crippen LogP contribution is 2.28. The molecule has 0 bridgehead atoms. The molecule has 0 unspecified atom stereocenters. The summed E-state index contributed by atoms with van der Waals surface area (Å²) in [5, 5.41) is 13.3. The molecule has 2 aromatic carbocycles. The highest BCUT2D eigenvalue weighted by atomic mass is 16.5. The zero-order valence-corrected chi connectivity index (χ0v) is 17.9. The van der Waals surface area contributed by atoms with Gasteiger partial charge in [-0.15, -0.1) is 0 Å². The van der Waals surface area contributed by atoms with Gasteiger partial charge in [-0.2, -0.15) is 5.10 Å². The van der Waals surface area contributed by atoms with Crippen molar-refractivity contribution >= 4 is 22.7 Å². The predicted octanol–water partition coefficient (Wildman–Crippen LogP) is 2.84. The minimum atomic E-state index is -0.214. The quantitative estimate of drug-likeness (QED) is 0.439. The van der Waals surface area contributed by atoms with Crippen LogP contribution >= 0.6 is 0 Å². The number of hydrogen-bond acceptors (Lipinski definition) is 5. The Hall–Kier alpha value is -3.55. The van der Waals surface area contributed by atoms with Crippen LogP contribution in [0.2, 0.25) is 0 Å². The molecule has 164 valence electrons. The van der Waals surface area contributed by atoms with Crippen molar-refractivity contribution in [1.82, 2.24) is 20.8 Å². The van der Waals surface area contributed by atoms with E-state index in [-0.39, 0.29) is 24.8 Å². The first-order valence-corrected chi connectivity index (χ1v) is 10.5. The predicted molar refractivity (Wildman–Crippen MR) is 119 cm³/mol. The third kappa shape index (κ3) is 6.21. The molecule has 8 heteroatoms. The summed E-state index contributed by atoms with van der Waals surface area (Å²) >= 11 is 0. The third-order valence-electron chi connectivity index (χ3n) is 4.68. The molecule has 0 aliphatic heterocycles. The van der Waals surface area contributed by atoms with E-state index in [1.807, 2.05) is 38.1 Å². The van der Waals surface area contributed by atoms with Crippen LogP contribution in [0, 0.1) is 0 Å². The van der Waals surface area contributed by atoms with Gasteiger partial charge in [-0.25, -0.2) is 0 Å². The molecule has 3 aromatic rings. The van der Waals surface area contributed by atoms with Crippen molar-refractivity contribution in [3.8, 4) is 11.5 Å². The monoisotopic (exact) mass is 424 g/mol. The lowest BCUT2D eigenvalue weighted by Gasteiger charge is -2.12. The van der Waals surface area contributed by atoms with Gasteiger partial charge in [0.05, 0.1) is 24.9 Å². The molecule has 0 saturated heterocycles. The molecule has 0 saturated carbocycles. The molecule has 0 aliphatic carbocycles. The first kappa shape index (κ1) is 22.1. The van der Waals surface area contributed by atoms with E-state index >= 15 is 0 Å². The molecule has 0 fully saturated rings. The van der Waals surface area contributed by atoms with E-state index in [9.17, 15) is 9.59 Å². The Bertz CT molecular complexity index is 1030. The van der Waals surface area contributed by atoms with Crippen LogP contribution in [0.15, 0.2) is 42.6 Å². The lowest BCUT2D eigenvalue weighted by atomic mass is 10.1. The average molecular weight is 425 g/mol. The Morgan fingerprint density at radius 2 is 1.77 bits per heavy atom. The van der Waals surface area contributed by atoms with E-state index in [0.29, 0.717) is 37.5 Å². The average Bonchev–Trinajstić information content (AvgIpc) is 3.23. The number of nitrogens with one attached hydrogen (secondary N) is 3. The zero-order valence-electron chi connectivity index (χ0n) is 17.9. The first-order chi connectivity index (χ1) is 15.1. The number of benzene rings is 2. The number of rotatable bonds is 11. The number of amides is 2. The molecule has 8 nitrogen and oxygen atoms in total. The van der Waals surface area contributed by atoms with E-state index in [0.717, 1.165) is 22.2 Å². The molecule has 0 atom stereocenters. The number of ether oxygens (including phenoxy) is 2. The summed E-state index contributed by atoms with van der Waals surface area (Å²) < 4.78 is 11.2. The molecular weight excluding hydrogens is 396 g/mol. The molecule has 1 heterocycles. The Morgan fingerprint density at radius 1 is 0.968 bits per heavy atom. The van der Waals surface area contributed by atoms with E-state index in [4.69, 9.17) is 9.47 Å². The fourth-order valence-electron chi connectivity index (χ4n) is 3.16. The van der Waals surface area contributed by atoms with Gasteiger partial charge < -0.3 is 20.1 Å². The molecule has 0 spiro atoms. The van der Waals surface area contributed by atoms with E-state index < -0.39 is 0 Å². The van der Waals surface area contributed by atoms with Crippen LogP contribution in [0.5, 0.6) is 11.5 Å². The molecule has 0 radical (unpaired) electrons. The van der Waals surface area contributed by atoms with E-state index in [2.05, 4.69) is 20.8 Å². The van der Waals surface area contributed by atoms with Crippen molar-refractivity contribution in [2.45, 2.75) is 26.7 Å². The lowest BCUT2D eigenvalue weighted by Crippen LogP contribution is -2.31. The maximum Gasteiger partial charge on any atom is 0.251 e. The summed E-state index contributed by atoms with van der Waals surface area (Å²) in [5.41, 5.74) is 2.46. The Labute approximate surface area is 181 Å². The SMILES string of the molecule is CCOc1ccc(CCNC(=O)CCNC(=O)c2ccc3[nH]ncc3c2)cc1OCC. The molecule has 1 aromatic heterocycles. The lowest BCUT2D eigenvalue weighted by molar-refractivity contribution is -0.120. The standard InChI is InChI=1S/C23H28N4O4/c1-3-30-20-8-5-16(13-21(20)31-4-2)9-11-24-22(28)10-12-25-23(29)17-6-7-19-18(14-17)15-26-27-19/h5-8,13-15H,3-4,9-12H2,1-2H3,(H,24,28)(H,25,29)(H,26,27). The topological polar surface area (TPSA) is 105 Å². The van der Waals surface area contributed by atoms with Crippen molar-refractivity contribution in [3.63, 3.8) is 0 Å².